The molecule has 4 nitrogen and oxygen atoms in total. The number of benzene rings is 1. The Morgan fingerprint density at radius 3 is 2.57 bits per heavy atom. The fourth-order valence-electron chi connectivity index (χ4n) is 2.21. The number of methoxy groups -OCH3 is 2. The quantitative estimate of drug-likeness (QED) is 0.885. The topological polar surface area (TPSA) is 43.4 Å². The molecule has 0 amide bonds. The van der Waals surface area contributed by atoms with Gasteiger partial charge in [-0.1, -0.05) is 23.8 Å². The van der Waals surface area contributed by atoms with Gasteiger partial charge in [-0.3, -0.25) is 0 Å². The van der Waals surface area contributed by atoms with Crippen LogP contribution >= 0.6 is 0 Å². The third-order valence-corrected chi connectivity index (χ3v) is 3.47. The van der Waals surface area contributed by atoms with E-state index in [0.717, 1.165) is 17.9 Å². The van der Waals surface area contributed by atoms with Crippen molar-refractivity contribution in [1.29, 1.82) is 0 Å². The number of hydrogen-bond acceptors (Lipinski definition) is 4. The van der Waals surface area contributed by atoms with Gasteiger partial charge in [0.1, 0.15) is 5.75 Å². The van der Waals surface area contributed by atoms with Crippen LogP contribution in [0, 0.1) is 6.92 Å². The summed E-state index contributed by atoms with van der Waals surface area (Å²) in [5.74, 6) is 1.54. The molecule has 1 heterocycles. The molecule has 0 saturated carbocycles. The number of nitrogens with zero attached hydrogens (tertiary/aromatic N) is 1. The van der Waals surface area contributed by atoms with Crippen LogP contribution in [0.3, 0.4) is 0 Å². The summed E-state index contributed by atoms with van der Waals surface area (Å²) in [6.07, 6.45) is 1.83. The fourth-order valence-corrected chi connectivity index (χ4v) is 2.21. The number of nitrogens with one attached hydrogen (secondary N) is 1. The molecule has 1 atom stereocenters. The van der Waals surface area contributed by atoms with E-state index in [1.165, 1.54) is 11.1 Å². The van der Waals surface area contributed by atoms with Crippen LogP contribution in [-0.2, 0) is 6.54 Å². The van der Waals surface area contributed by atoms with Crippen molar-refractivity contribution in [3.63, 3.8) is 0 Å². The zero-order valence-electron chi connectivity index (χ0n) is 13.0. The molecule has 2 rings (SSSR count). The van der Waals surface area contributed by atoms with Crippen molar-refractivity contribution in [2.24, 2.45) is 0 Å². The molecule has 1 aromatic carbocycles. The fraction of sp³-hybridized carbons (Fsp3) is 0.353. The van der Waals surface area contributed by atoms with E-state index >= 15 is 0 Å². The average molecular weight is 286 g/mol. The van der Waals surface area contributed by atoms with E-state index in [0.29, 0.717) is 5.88 Å². The molecule has 1 aromatic heterocycles. The van der Waals surface area contributed by atoms with E-state index in [-0.39, 0.29) is 6.04 Å². The van der Waals surface area contributed by atoms with E-state index in [4.69, 9.17) is 9.47 Å². The molecule has 112 valence electrons. The standard InChI is InChI=1S/C17H22N2O2/c1-12-5-7-16(20-3)15(9-12)13(2)18-10-14-6-8-17(21-4)19-11-14/h5-9,11,13,18H,10H2,1-4H3. The minimum absolute atomic E-state index is 0.196. The van der Waals surface area contributed by atoms with Gasteiger partial charge >= 0.3 is 0 Å². The molecule has 2 aromatic rings. The minimum Gasteiger partial charge on any atom is -0.496 e. The normalized spacial score (nSPS) is 12.0. The van der Waals surface area contributed by atoms with Crippen molar-refractivity contribution in [1.82, 2.24) is 10.3 Å². The van der Waals surface area contributed by atoms with Gasteiger partial charge in [0, 0.05) is 30.4 Å². The van der Waals surface area contributed by atoms with Crippen LogP contribution in [0.4, 0.5) is 0 Å². The first-order chi connectivity index (χ1) is 10.1. The lowest BCUT2D eigenvalue weighted by Crippen LogP contribution is -2.19. The average Bonchev–Trinajstić information content (AvgIpc) is 2.53. The summed E-state index contributed by atoms with van der Waals surface area (Å²) >= 11 is 0. The van der Waals surface area contributed by atoms with E-state index < -0.39 is 0 Å². The summed E-state index contributed by atoms with van der Waals surface area (Å²) < 4.78 is 10.5. The van der Waals surface area contributed by atoms with Crippen molar-refractivity contribution in [2.75, 3.05) is 14.2 Å². The second-order valence-electron chi connectivity index (χ2n) is 5.06. The van der Waals surface area contributed by atoms with Gasteiger partial charge in [0.15, 0.2) is 0 Å². The highest BCUT2D eigenvalue weighted by Gasteiger charge is 2.11. The maximum absolute atomic E-state index is 5.43. The Labute approximate surface area is 126 Å². The van der Waals surface area contributed by atoms with E-state index in [1.807, 2.05) is 24.4 Å². The lowest BCUT2D eigenvalue weighted by molar-refractivity contribution is 0.397. The predicted molar refractivity (Wildman–Crippen MR) is 83.8 cm³/mol. The molecule has 0 fully saturated rings. The Balaban J connectivity index is 2.03. The Bertz CT molecular complexity index is 582. The number of aromatic nitrogens is 1. The molecule has 0 spiro atoms. The van der Waals surface area contributed by atoms with Gasteiger partial charge in [0.05, 0.1) is 14.2 Å². The summed E-state index contributed by atoms with van der Waals surface area (Å²) in [5.41, 5.74) is 3.51. The maximum atomic E-state index is 5.43. The zero-order chi connectivity index (χ0) is 15.2. The summed E-state index contributed by atoms with van der Waals surface area (Å²) in [4.78, 5) is 4.21. The van der Waals surface area contributed by atoms with Crippen LogP contribution in [0.15, 0.2) is 36.5 Å². The van der Waals surface area contributed by atoms with Crippen LogP contribution in [0.1, 0.15) is 29.7 Å². The van der Waals surface area contributed by atoms with Gasteiger partial charge in [0.25, 0.3) is 0 Å². The van der Waals surface area contributed by atoms with Crippen molar-refractivity contribution in [2.45, 2.75) is 26.4 Å². The summed E-state index contributed by atoms with van der Waals surface area (Å²) in [7, 11) is 3.32. The smallest absolute Gasteiger partial charge is 0.212 e. The highest BCUT2D eigenvalue weighted by atomic mass is 16.5. The zero-order valence-corrected chi connectivity index (χ0v) is 13.0. The first kappa shape index (κ1) is 15.3. The van der Waals surface area contributed by atoms with Gasteiger partial charge in [-0.05, 0) is 25.5 Å². The first-order valence-electron chi connectivity index (χ1n) is 7.01. The van der Waals surface area contributed by atoms with Crippen LogP contribution in [0.2, 0.25) is 0 Å². The van der Waals surface area contributed by atoms with Crippen molar-refractivity contribution in [3.05, 3.63) is 53.2 Å². The SMILES string of the molecule is COc1ccc(CNC(C)c2cc(C)ccc2OC)cn1. The van der Waals surface area contributed by atoms with E-state index in [1.54, 1.807) is 14.2 Å². The van der Waals surface area contributed by atoms with E-state index in [9.17, 15) is 0 Å². The van der Waals surface area contributed by atoms with Crippen LogP contribution in [-0.4, -0.2) is 19.2 Å². The third kappa shape index (κ3) is 3.95. The number of aryl methyl sites for hydroxylation is 1. The van der Waals surface area contributed by atoms with Crippen molar-refractivity contribution < 1.29 is 9.47 Å². The molecule has 4 heteroatoms. The molecule has 1 unspecified atom stereocenters. The van der Waals surface area contributed by atoms with Crippen LogP contribution in [0.25, 0.3) is 0 Å². The lowest BCUT2D eigenvalue weighted by atomic mass is 10.0. The molecule has 21 heavy (non-hydrogen) atoms. The number of hydrogen-bond donors (Lipinski definition) is 1. The van der Waals surface area contributed by atoms with Gasteiger partial charge in [-0.2, -0.15) is 0 Å². The second-order valence-corrected chi connectivity index (χ2v) is 5.06. The molecule has 0 aliphatic heterocycles. The van der Waals surface area contributed by atoms with Crippen molar-refractivity contribution >= 4 is 0 Å². The van der Waals surface area contributed by atoms with Gasteiger partial charge in [0.2, 0.25) is 5.88 Å². The Morgan fingerprint density at radius 1 is 1.14 bits per heavy atom. The molecule has 0 bridgehead atoms. The Kier molecular flexibility index (Phi) is 5.17. The third-order valence-electron chi connectivity index (χ3n) is 3.47. The Morgan fingerprint density at radius 2 is 1.95 bits per heavy atom. The number of ether oxygens (including phenoxy) is 2. The van der Waals surface area contributed by atoms with Crippen LogP contribution in [0.5, 0.6) is 11.6 Å². The van der Waals surface area contributed by atoms with E-state index in [2.05, 4.69) is 36.3 Å². The second kappa shape index (κ2) is 7.09. The molecule has 0 saturated heterocycles. The Hall–Kier alpha value is -2.07. The molecule has 1 N–H and O–H groups in total. The number of pyridine rings is 1. The molecule has 0 radical (unpaired) electrons. The number of rotatable bonds is 6. The van der Waals surface area contributed by atoms with Gasteiger partial charge < -0.3 is 14.8 Å². The van der Waals surface area contributed by atoms with Crippen molar-refractivity contribution in [3.8, 4) is 11.6 Å². The molecule has 0 aliphatic carbocycles. The molecular weight excluding hydrogens is 264 g/mol. The van der Waals surface area contributed by atoms with Gasteiger partial charge in [-0.15, -0.1) is 0 Å². The van der Waals surface area contributed by atoms with Gasteiger partial charge in [-0.25, -0.2) is 4.98 Å². The summed E-state index contributed by atoms with van der Waals surface area (Å²) in [6, 6.07) is 10.3. The van der Waals surface area contributed by atoms with Crippen LogP contribution < -0.4 is 14.8 Å². The lowest BCUT2D eigenvalue weighted by Gasteiger charge is -2.18. The maximum Gasteiger partial charge on any atom is 0.212 e. The summed E-state index contributed by atoms with van der Waals surface area (Å²) in [5, 5.41) is 3.49. The largest absolute Gasteiger partial charge is 0.496 e. The first-order valence-corrected chi connectivity index (χ1v) is 7.01. The molecular formula is C17H22N2O2. The highest BCUT2D eigenvalue weighted by Crippen LogP contribution is 2.26. The summed E-state index contributed by atoms with van der Waals surface area (Å²) in [6.45, 7) is 4.96. The minimum atomic E-state index is 0.196. The molecule has 0 aliphatic rings. The predicted octanol–water partition coefficient (Wildman–Crippen LogP) is 3.26. The highest BCUT2D eigenvalue weighted by molar-refractivity contribution is 5.38. The monoisotopic (exact) mass is 286 g/mol.